The Balaban J connectivity index is 1.83. The van der Waals surface area contributed by atoms with Crippen LogP contribution in [0.5, 0.6) is 11.5 Å². The van der Waals surface area contributed by atoms with Crippen LogP contribution in [-0.2, 0) is 4.79 Å². The lowest BCUT2D eigenvalue weighted by Crippen LogP contribution is -2.26. The summed E-state index contributed by atoms with van der Waals surface area (Å²) in [6.07, 6.45) is -3.76. The molecule has 0 aromatic heterocycles. The van der Waals surface area contributed by atoms with Crippen LogP contribution in [0.4, 0.5) is 14.5 Å². The number of anilines is 1. The van der Waals surface area contributed by atoms with E-state index in [2.05, 4.69) is 9.47 Å². The molecule has 28 heavy (non-hydrogen) atoms. The van der Waals surface area contributed by atoms with Crippen LogP contribution < -0.4 is 14.4 Å². The number of carbonyl (C=O) groups excluding carboxylic acids is 2. The molecule has 0 saturated heterocycles. The summed E-state index contributed by atoms with van der Waals surface area (Å²) >= 11 is 0. The number of nitrogens with zero attached hydrogens (tertiary/aromatic N) is 1. The van der Waals surface area contributed by atoms with E-state index in [1.807, 2.05) is 0 Å². The van der Waals surface area contributed by atoms with E-state index in [4.69, 9.17) is 0 Å². The van der Waals surface area contributed by atoms with Crippen molar-refractivity contribution in [1.29, 1.82) is 0 Å². The van der Waals surface area contributed by atoms with Crippen LogP contribution >= 0.6 is 0 Å². The van der Waals surface area contributed by atoms with E-state index in [0.29, 0.717) is 22.4 Å². The van der Waals surface area contributed by atoms with E-state index in [9.17, 15) is 23.5 Å². The fourth-order valence-corrected chi connectivity index (χ4v) is 3.31. The molecule has 2 heterocycles. The highest BCUT2D eigenvalue weighted by Gasteiger charge is 2.43. The van der Waals surface area contributed by atoms with E-state index in [0.717, 1.165) is 0 Å². The average Bonchev–Trinajstić information content (AvgIpc) is 3.15. The maximum atomic E-state index is 13.2. The molecule has 0 spiro atoms. The number of aliphatic hydroxyl groups is 1. The molecular weight excluding hydrogens is 372 g/mol. The summed E-state index contributed by atoms with van der Waals surface area (Å²) in [5.74, 6) is -0.929. The highest BCUT2D eigenvalue weighted by atomic mass is 19.3. The summed E-state index contributed by atoms with van der Waals surface area (Å²) in [5.41, 5.74) is 2.15. The smallest absolute Gasteiger partial charge is 0.507 e. The summed E-state index contributed by atoms with van der Waals surface area (Å²) in [5, 5.41) is 10.8. The summed E-state index contributed by atoms with van der Waals surface area (Å²) in [4.78, 5) is 25.2. The van der Waals surface area contributed by atoms with Gasteiger partial charge in [-0.1, -0.05) is 0 Å². The zero-order chi connectivity index (χ0) is 20.2. The van der Waals surface area contributed by atoms with E-state index < -0.39 is 6.29 Å². The molecule has 0 bridgehead atoms. The molecule has 0 atom stereocenters. The van der Waals surface area contributed by atoms with E-state index >= 15 is 0 Å². The van der Waals surface area contributed by atoms with Gasteiger partial charge < -0.3 is 19.5 Å². The van der Waals surface area contributed by atoms with Crippen LogP contribution in [0, 0.1) is 0 Å². The van der Waals surface area contributed by atoms with Gasteiger partial charge in [0.1, 0.15) is 5.76 Å². The van der Waals surface area contributed by atoms with Crippen molar-refractivity contribution in [2.45, 2.75) is 20.1 Å². The molecule has 0 radical (unpaired) electrons. The fraction of sp³-hybridized carbons (Fsp3) is 0.200. The molecule has 8 heteroatoms. The third kappa shape index (κ3) is 2.87. The van der Waals surface area contributed by atoms with Gasteiger partial charge in [0.15, 0.2) is 17.3 Å². The Hall–Kier alpha value is -3.42. The number of ether oxygens (including phenoxy) is 2. The topological polar surface area (TPSA) is 76.1 Å². The quantitative estimate of drug-likeness (QED) is 0.623. The normalized spacial score (nSPS) is 18.1. The molecule has 4 rings (SSSR count). The molecule has 1 N–H and O–H groups in total. The maximum absolute atomic E-state index is 13.2. The van der Waals surface area contributed by atoms with Gasteiger partial charge in [0.05, 0.1) is 12.2 Å². The number of rotatable bonds is 2. The lowest BCUT2D eigenvalue weighted by molar-refractivity contribution is -0.286. The molecule has 2 aromatic carbocycles. The number of ketones is 1. The van der Waals surface area contributed by atoms with E-state index in [-0.39, 0.29) is 41.1 Å². The second-order valence-corrected chi connectivity index (χ2v) is 6.55. The molecule has 0 fully saturated rings. The minimum absolute atomic E-state index is 0.0858. The zero-order valence-electron chi connectivity index (χ0n) is 15.0. The van der Waals surface area contributed by atoms with Crippen LogP contribution in [0.15, 0.2) is 36.4 Å². The number of carbonyl (C=O) groups is 2. The summed E-state index contributed by atoms with van der Waals surface area (Å²) in [6.45, 7) is 2.90. The molecule has 1 amide bonds. The molecule has 2 aliphatic heterocycles. The molecule has 2 aliphatic rings. The lowest BCUT2D eigenvalue weighted by Gasteiger charge is -2.14. The first kappa shape index (κ1) is 18.0. The van der Waals surface area contributed by atoms with Crippen molar-refractivity contribution >= 4 is 28.7 Å². The van der Waals surface area contributed by atoms with Gasteiger partial charge in [-0.15, -0.1) is 8.78 Å². The highest BCUT2D eigenvalue weighted by molar-refractivity contribution is 6.08. The largest absolute Gasteiger partial charge is 0.586 e. The molecule has 6 nitrogen and oxygen atoms in total. The third-order valence-corrected chi connectivity index (χ3v) is 4.68. The lowest BCUT2D eigenvalue weighted by atomic mass is 9.99. The third-order valence-electron chi connectivity index (χ3n) is 4.68. The van der Waals surface area contributed by atoms with Gasteiger partial charge in [0, 0.05) is 29.2 Å². The molecule has 0 saturated carbocycles. The monoisotopic (exact) mass is 387 g/mol. The Labute approximate surface area is 158 Å². The maximum Gasteiger partial charge on any atom is 0.586 e. The van der Waals surface area contributed by atoms with Gasteiger partial charge in [0.25, 0.3) is 0 Å². The van der Waals surface area contributed by atoms with E-state index in [1.54, 1.807) is 18.2 Å². The van der Waals surface area contributed by atoms with E-state index in [1.165, 1.54) is 36.9 Å². The Morgan fingerprint density at radius 1 is 1.04 bits per heavy atom. The molecule has 0 aliphatic carbocycles. The standard InChI is InChI=1S/C20H15F2NO5/c1-10(24)12-3-5-16-14(7-12)15(9-23(16)11(2)25)19(26)13-4-6-17-18(8-13)28-20(21,22)27-17/h3-8,26H,9H2,1-2H3. The Morgan fingerprint density at radius 3 is 2.39 bits per heavy atom. The van der Waals surface area contributed by atoms with Crippen molar-refractivity contribution in [2.24, 2.45) is 0 Å². The number of aliphatic hydroxyl groups excluding tert-OH is 1. The molecule has 0 unspecified atom stereocenters. The van der Waals surface area contributed by atoms with Gasteiger partial charge in [-0.25, -0.2) is 0 Å². The molecular formula is C20H15F2NO5. The predicted octanol–water partition coefficient (Wildman–Crippen LogP) is 4.00. The van der Waals surface area contributed by atoms with Gasteiger partial charge in [-0.05, 0) is 43.3 Å². The molecule has 144 valence electrons. The fourth-order valence-electron chi connectivity index (χ4n) is 3.31. The number of halogens is 2. The van der Waals surface area contributed by atoms with Gasteiger partial charge in [0.2, 0.25) is 5.91 Å². The van der Waals surface area contributed by atoms with Gasteiger partial charge in [-0.3, -0.25) is 9.59 Å². The van der Waals surface area contributed by atoms with Crippen molar-refractivity contribution in [1.82, 2.24) is 0 Å². The number of hydrogen-bond donors (Lipinski definition) is 1. The van der Waals surface area contributed by atoms with Crippen LogP contribution in [0.1, 0.15) is 35.3 Å². The zero-order valence-corrected chi connectivity index (χ0v) is 15.0. The Bertz CT molecular complexity index is 1060. The predicted molar refractivity (Wildman–Crippen MR) is 96.6 cm³/mol. The Morgan fingerprint density at radius 2 is 1.71 bits per heavy atom. The second-order valence-electron chi connectivity index (χ2n) is 6.55. The summed E-state index contributed by atoms with van der Waals surface area (Å²) in [6, 6.07) is 8.79. The number of benzene rings is 2. The van der Waals surface area contributed by atoms with Crippen molar-refractivity contribution in [3.8, 4) is 11.5 Å². The highest BCUT2D eigenvalue weighted by Crippen LogP contribution is 2.44. The minimum atomic E-state index is -3.76. The summed E-state index contributed by atoms with van der Waals surface area (Å²) < 4.78 is 35.3. The minimum Gasteiger partial charge on any atom is -0.507 e. The first-order valence-corrected chi connectivity index (χ1v) is 8.42. The van der Waals surface area contributed by atoms with Gasteiger partial charge in [-0.2, -0.15) is 0 Å². The van der Waals surface area contributed by atoms with Crippen LogP contribution in [-0.4, -0.2) is 29.6 Å². The second kappa shape index (κ2) is 6.05. The van der Waals surface area contributed by atoms with Crippen LogP contribution in [0.3, 0.4) is 0 Å². The van der Waals surface area contributed by atoms with Crippen molar-refractivity contribution in [3.05, 3.63) is 53.1 Å². The van der Waals surface area contributed by atoms with Crippen molar-refractivity contribution in [2.75, 3.05) is 11.4 Å². The van der Waals surface area contributed by atoms with Crippen LogP contribution in [0.2, 0.25) is 0 Å². The SMILES string of the molecule is CC(=O)c1ccc2c(c1)C(=C(O)c1ccc3c(c1)OC(F)(F)O3)CN2C(C)=O. The first-order chi connectivity index (χ1) is 13.2. The number of alkyl halides is 2. The average molecular weight is 387 g/mol. The van der Waals surface area contributed by atoms with Gasteiger partial charge >= 0.3 is 6.29 Å². The first-order valence-electron chi connectivity index (χ1n) is 8.42. The molecule has 2 aromatic rings. The number of fused-ring (bicyclic) bond motifs is 2. The summed E-state index contributed by atoms with van der Waals surface area (Å²) in [7, 11) is 0. The van der Waals surface area contributed by atoms with Crippen molar-refractivity contribution in [3.63, 3.8) is 0 Å². The number of amides is 1. The number of hydrogen-bond acceptors (Lipinski definition) is 5. The Kier molecular flexibility index (Phi) is 3.88. The number of Topliss-reactive ketones (excluding diaryl/α,β-unsaturated/α-hetero) is 1. The van der Waals surface area contributed by atoms with Crippen LogP contribution in [0.25, 0.3) is 11.3 Å². The van der Waals surface area contributed by atoms with Crippen molar-refractivity contribution < 1.29 is 33.0 Å².